The van der Waals surface area contributed by atoms with Crippen LogP contribution in [0.15, 0.2) is 0 Å². The summed E-state index contributed by atoms with van der Waals surface area (Å²) in [5.74, 6) is 0.155. The van der Waals surface area contributed by atoms with Gasteiger partial charge in [-0.25, -0.2) is 0 Å². The van der Waals surface area contributed by atoms with Gasteiger partial charge in [0.2, 0.25) is 0 Å². The number of hydrogen-bond donors (Lipinski definition) is 1. The number of aliphatic hydroxyl groups excluding tert-OH is 1. The minimum absolute atomic E-state index is 0.155. The van der Waals surface area contributed by atoms with Crippen molar-refractivity contribution in [2.45, 2.75) is 32.8 Å². The van der Waals surface area contributed by atoms with Gasteiger partial charge in [-0.15, -0.1) is 0 Å². The average molecular weight is 206 g/mol. The Kier molecular flexibility index (Phi) is 14.3. The molecule has 0 aliphatic heterocycles. The summed E-state index contributed by atoms with van der Waals surface area (Å²) in [6.45, 7) is 4.46. The summed E-state index contributed by atoms with van der Waals surface area (Å²) in [4.78, 5) is 10.3. The first-order valence-electron chi connectivity index (χ1n) is 4.79. The molecule has 0 fully saturated rings. The topological polar surface area (TPSA) is 55.8 Å². The van der Waals surface area contributed by atoms with Crippen molar-refractivity contribution in [3.05, 3.63) is 0 Å². The highest BCUT2D eigenvalue weighted by molar-refractivity contribution is 5.79. The van der Waals surface area contributed by atoms with Crippen LogP contribution >= 0.6 is 0 Å². The Hall–Kier alpha value is -0.450. The van der Waals surface area contributed by atoms with E-state index in [-0.39, 0.29) is 18.5 Å². The third kappa shape index (κ3) is 14.1. The summed E-state index contributed by atoms with van der Waals surface area (Å²) in [7, 11) is 3.10. The van der Waals surface area contributed by atoms with Crippen LogP contribution < -0.4 is 0 Å². The van der Waals surface area contributed by atoms with Gasteiger partial charge in [0, 0.05) is 20.6 Å². The van der Waals surface area contributed by atoms with Gasteiger partial charge in [0.05, 0.1) is 12.7 Å². The smallest absolute Gasteiger partial charge is 0.158 e. The lowest BCUT2D eigenvalue weighted by Crippen LogP contribution is -2.11. The summed E-state index contributed by atoms with van der Waals surface area (Å²) >= 11 is 0. The van der Waals surface area contributed by atoms with Crippen LogP contribution in [-0.4, -0.2) is 44.4 Å². The van der Waals surface area contributed by atoms with Crippen molar-refractivity contribution in [2.75, 3.05) is 27.4 Å². The maximum atomic E-state index is 10.3. The first-order chi connectivity index (χ1) is 6.62. The van der Waals surface area contributed by atoms with Crippen molar-refractivity contribution >= 4 is 5.78 Å². The lowest BCUT2D eigenvalue weighted by molar-refractivity contribution is -0.122. The standard InChI is InChI=1S/C5H12O2.C5H10O2/c2*1-3-5(6)4-7-2/h5-6H,3-4H2,1-2H3;3-4H2,1-2H3. The Morgan fingerprint density at radius 2 is 1.86 bits per heavy atom. The molecule has 0 aliphatic carbocycles. The van der Waals surface area contributed by atoms with E-state index in [0.29, 0.717) is 13.0 Å². The molecule has 0 saturated carbocycles. The SMILES string of the molecule is CCC(=O)COC.CCC(O)COC. The number of Topliss-reactive ketones (excluding diaryl/α,β-unsaturated/α-hetero) is 1. The fraction of sp³-hybridized carbons (Fsp3) is 0.900. The quantitative estimate of drug-likeness (QED) is 0.705. The van der Waals surface area contributed by atoms with Gasteiger partial charge >= 0.3 is 0 Å². The molecular weight excluding hydrogens is 184 g/mol. The zero-order valence-electron chi connectivity index (χ0n) is 9.58. The van der Waals surface area contributed by atoms with E-state index < -0.39 is 0 Å². The summed E-state index contributed by atoms with van der Waals surface area (Å²) in [6, 6.07) is 0. The van der Waals surface area contributed by atoms with E-state index in [1.54, 1.807) is 7.11 Å². The van der Waals surface area contributed by atoms with Gasteiger partial charge < -0.3 is 14.6 Å². The van der Waals surface area contributed by atoms with Crippen LogP contribution in [0, 0.1) is 0 Å². The molecule has 4 nitrogen and oxygen atoms in total. The summed E-state index contributed by atoms with van der Waals surface area (Å²) in [6.07, 6.45) is 1.08. The molecule has 0 aromatic heterocycles. The molecule has 1 atom stereocenters. The van der Waals surface area contributed by atoms with Crippen molar-refractivity contribution < 1.29 is 19.4 Å². The zero-order valence-corrected chi connectivity index (χ0v) is 9.58. The first kappa shape index (κ1) is 16.0. The number of rotatable bonds is 6. The maximum absolute atomic E-state index is 10.3. The van der Waals surface area contributed by atoms with E-state index in [2.05, 4.69) is 9.47 Å². The monoisotopic (exact) mass is 206 g/mol. The number of carbonyl (C=O) groups is 1. The maximum Gasteiger partial charge on any atom is 0.158 e. The first-order valence-corrected chi connectivity index (χ1v) is 4.79. The van der Waals surface area contributed by atoms with Crippen LogP contribution in [0.1, 0.15) is 26.7 Å². The van der Waals surface area contributed by atoms with E-state index in [9.17, 15) is 4.79 Å². The Morgan fingerprint density at radius 3 is 2.00 bits per heavy atom. The molecular formula is C10H22O4. The van der Waals surface area contributed by atoms with Gasteiger partial charge in [-0.2, -0.15) is 0 Å². The van der Waals surface area contributed by atoms with E-state index in [0.717, 1.165) is 6.42 Å². The molecule has 0 heterocycles. The Balaban J connectivity index is 0. The van der Waals surface area contributed by atoms with Crippen molar-refractivity contribution in [1.29, 1.82) is 0 Å². The third-order valence-electron chi connectivity index (χ3n) is 1.53. The van der Waals surface area contributed by atoms with Gasteiger partial charge in [-0.05, 0) is 6.42 Å². The van der Waals surface area contributed by atoms with E-state index in [1.807, 2.05) is 13.8 Å². The molecule has 0 aromatic rings. The summed E-state index contributed by atoms with van der Waals surface area (Å²) in [5.41, 5.74) is 0. The number of aliphatic hydroxyl groups is 1. The van der Waals surface area contributed by atoms with Crippen LogP contribution in [0.2, 0.25) is 0 Å². The molecule has 0 saturated heterocycles. The molecule has 14 heavy (non-hydrogen) atoms. The molecule has 0 bridgehead atoms. The second-order valence-electron chi connectivity index (χ2n) is 2.84. The zero-order chi connectivity index (χ0) is 11.4. The molecule has 0 aromatic carbocycles. The van der Waals surface area contributed by atoms with Crippen molar-refractivity contribution in [3.63, 3.8) is 0 Å². The fourth-order valence-electron chi connectivity index (χ4n) is 0.573. The molecule has 4 heteroatoms. The minimum Gasteiger partial charge on any atom is -0.391 e. The van der Waals surface area contributed by atoms with Crippen LogP contribution in [-0.2, 0) is 14.3 Å². The molecule has 0 aliphatic rings. The van der Waals surface area contributed by atoms with Crippen LogP contribution in [0.5, 0.6) is 0 Å². The average Bonchev–Trinajstić information content (AvgIpc) is 2.19. The fourth-order valence-corrected chi connectivity index (χ4v) is 0.573. The van der Waals surface area contributed by atoms with Gasteiger partial charge in [-0.3, -0.25) is 4.79 Å². The minimum atomic E-state index is -0.273. The highest BCUT2D eigenvalue weighted by Crippen LogP contribution is 1.87. The predicted molar refractivity (Wildman–Crippen MR) is 55.3 cm³/mol. The molecule has 86 valence electrons. The van der Waals surface area contributed by atoms with E-state index in [1.165, 1.54) is 7.11 Å². The summed E-state index contributed by atoms with van der Waals surface area (Å²) in [5, 5.41) is 8.73. The van der Waals surface area contributed by atoms with E-state index >= 15 is 0 Å². The lowest BCUT2D eigenvalue weighted by Gasteiger charge is -2.02. The second kappa shape index (κ2) is 12.6. The highest BCUT2D eigenvalue weighted by Gasteiger charge is 1.95. The molecule has 0 spiro atoms. The van der Waals surface area contributed by atoms with Gasteiger partial charge in [-0.1, -0.05) is 13.8 Å². The van der Waals surface area contributed by atoms with Crippen molar-refractivity contribution in [3.8, 4) is 0 Å². The normalized spacial score (nSPS) is 11.5. The highest BCUT2D eigenvalue weighted by atomic mass is 16.5. The Bertz CT molecular complexity index is 125. The molecule has 1 unspecified atom stereocenters. The number of ketones is 1. The largest absolute Gasteiger partial charge is 0.391 e. The van der Waals surface area contributed by atoms with Crippen molar-refractivity contribution in [1.82, 2.24) is 0 Å². The van der Waals surface area contributed by atoms with Gasteiger partial charge in [0.1, 0.15) is 6.61 Å². The van der Waals surface area contributed by atoms with Crippen molar-refractivity contribution in [2.24, 2.45) is 0 Å². The summed E-state index contributed by atoms with van der Waals surface area (Å²) < 4.78 is 9.19. The van der Waals surface area contributed by atoms with Crippen LogP contribution in [0.4, 0.5) is 0 Å². The number of methoxy groups -OCH3 is 2. The Labute approximate surface area is 86.2 Å². The predicted octanol–water partition coefficient (Wildman–Crippen LogP) is 1.02. The number of carbonyl (C=O) groups excluding carboxylic acids is 1. The lowest BCUT2D eigenvalue weighted by atomic mass is 10.3. The van der Waals surface area contributed by atoms with Gasteiger partial charge in [0.15, 0.2) is 5.78 Å². The van der Waals surface area contributed by atoms with E-state index in [4.69, 9.17) is 5.11 Å². The van der Waals surface area contributed by atoms with Gasteiger partial charge in [0.25, 0.3) is 0 Å². The third-order valence-corrected chi connectivity index (χ3v) is 1.53. The molecule has 0 rings (SSSR count). The second-order valence-corrected chi connectivity index (χ2v) is 2.84. The number of ether oxygens (including phenoxy) is 2. The molecule has 0 radical (unpaired) electrons. The van der Waals surface area contributed by atoms with Crippen LogP contribution in [0.25, 0.3) is 0 Å². The number of hydrogen-bond acceptors (Lipinski definition) is 4. The molecule has 0 amide bonds. The molecule has 1 N–H and O–H groups in total. The van der Waals surface area contributed by atoms with Crippen LogP contribution in [0.3, 0.4) is 0 Å². The Morgan fingerprint density at radius 1 is 1.29 bits per heavy atom.